The third kappa shape index (κ3) is 4.35. The lowest BCUT2D eigenvalue weighted by atomic mass is 10.1. The lowest BCUT2D eigenvalue weighted by molar-refractivity contribution is 0.102. The molecule has 0 spiro atoms. The van der Waals surface area contributed by atoms with Crippen molar-refractivity contribution >= 4 is 27.4 Å². The minimum Gasteiger partial charge on any atom is -0.360 e. The van der Waals surface area contributed by atoms with Gasteiger partial charge in [-0.05, 0) is 68.3 Å². The van der Waals surface area contributed by atoms with Crippen molar-refractivity contribution in [2.24, 2.45) is 0 Å². The Labute approximate surface area is 157 Å². The first-order valence-corrected chi connectivity index (χ1v) is 9.68. The van der Waals surface area contributed by atoms with Crippen LogP contribution >= 0.6 is 0 Å². The van der Waals surface area contributed by atoms with Gasteiger partial charge in [-0.2, -0.15) is 0 Å². The van der Waals surface area contributed by atoms with Gasteiger partial charge in [0.25, 0.3) is 15.9 Å². The van der Waals surface area contributed by atoms with E-state index in [9.17, 15) is 13.2 Å². The Bertz CT molecular complexity index is 1090. The van der Waals surface area contributed by atoms with E-state index in [2.05, 4.69) is 15.2 Å². The van der Waals surface area contributed by atoms with Gasteiger partial charge in [-0.3, -0.25) is 9.52 Å². The lowest BCUT2D eigenvalue weighted by Gasteiger charge is -2.10. The van der Waals surface area contributed by atoms with Gasteiger partial charge in [0.05, 0.1) is 4.90 Å². The Kier molecular flexibility index (Phi) is 5.00. The molecule has 1 heterocycles. The molecular weight excluding hydrogens is 366 g/mol. The van der Waals surface area contributed by atoms with Gasteiger partial charge in [-0.1, -0.05) is 11.2 Å². The summed E-state index contributed by atoms with van der Waals surface area (Å²) in [5.41, 5.74) is 2.64. The third-order valence-corrected chi connectivity index (χ3v) is 5.44. The van der Waals surface area contributed by atoms with Crippen LogP contribution in [0.5, 0.6) is 0 Å². The molecule has 0 bridgehead atoms. The van der Waals surface area contributed by atoms with Gasteiger partial charge in [0.15, 0.2) is 5.82 Å². The van der Waals surface area contributed by atoms with Crippen molar-refractivity contribution in [2.75, 3.05) is 10.0 Å². The number of nitrogens with one attached hydrogen (secondary N) is 2. The number of sulfonamides is 1. The molecule has 0 saturated carbocycles. The van der Waals surface area contributed by atoms with E-state index < -0.39 is 10.0 Å². The highest BCUT2D eigenvalue weighted by Crippen LogP contribution is 2.19. The van der Waals surface area contributed by atoms with E-state index in [0.717, 1.165) is 11.1 Å². The maximum atomic E-state index is 12.5. The number of aryl methyl sites for hydroxylation is 3. The molecule has 0 radical (unpaired) electrons. The first-order valence-electron chi connectivity index (χ1n) is 8.19. The molecule has 2 aromatic carbocycles. The van der Waals surface area contributed by atoms with E-state index in [1.165, 1.54) is 24.3 Å². The zero-order valence-corrected chi connectivity index (χ0v) is 15.9. The van der Waals surface area contributed by atoms with Crippen LogP contribution in [0.4, 0.5) is 11.5 Å². The number of rotatable bonds is 5. The molecule has 140 valence electrons. The van der Waals surface area contributed by atoms with E-state index in [1.807, 2.05) is 13.8 Å². The molecule has 0 saturated heterocycles. The normalized spacial score (nSPS) is 11.2. The molecule has 0 aliphatic heterocycles. The molecule has 3 aromatic rings. The van der Waals surface area contributed by atoms with Crippen molar-refractivity contribution in [2.45, 2.75) is 25.7 Å². The van der Waals surface area contributed by atoms with Gasteiger partial charge in [0, 0.05) is 17.3 Å². The van der Waals surface area contributed by atoms with Crippen LogP contribution < -0.4 is 10.0 Å². The first kappa shape index (κ1) is 18.7. The smallest absolute Gasteiger partial charge is 0.261 e. The summed E-state index contributed by atoms with van der Waals surface area (Å²) in [7, 11) is -3.70. The Morgan fingerprint density at radius 3 is 2.26 bits per heavy atom. The zero-order chi connectivity index (χ0) is 19.6. The van der Waals surface area contributed by atoms with Gasteiger partial charge >= 0.3 is 0 Å². The van der Waals surface area contributed by atoms with Crippen molar-refractivity contribution < 1.29 is 17.7 Å². The third-order valence-electron chi connectivity index (χ3n) is 4.06. The average Bonchev–Trinajstić information content (AvgIpc) is 3.02. The number of carbonyl (C=O) groups is 1. The molecule has 8 heteroatoms. The predicted molar refractivity (Wildman–Crippen MR) is 102 cm³/mol. The minimum absolute atomic E-state index is 0.189. The van der Waals surface area contributed by atoms with E-state index in [0.29, 0.717) is 22.8 Å². The Morgan fingerprint density at radius 1 is 0.963 bits per heavy atom. The minimum atomic E-state index is -3.70. The Hall–Kier alpha value is -3.13. The second-order valence-electron chi connectivity index (χ2n) is 6.21. The summed E-state index contributed by atoms with van der Waals surface area (Å²) in [6.07, 6.45) is 0. The van der Waals surface area contributed by atoms with Crippen LogP contribution in [0.2, 0.25) is 0 Å². The first-order chi connectivity index (χ1) is 12.7. The maximum absolute atomic E-state index is 12.5. The number of hydrogen-bond donors (Lipinski definition) is 2. The van der Waals surface area contributed by atoms with Crippen molar-refractivity contribution in [1.29, 1.82) is 0 Å². The fraction of sp³-hybridized carbons (Fsp3) is 0.158. The summed E-state index contributed by atoms with van der Waals surface area (Å²) in [6, 6.07) is 12.7. The van der Waals surface area contributed by atoms with Crippen LogP contribution in [0.1, 0.15) is 27.2 Å². The van der Waals surface area contributed by atoms with E-state index in [4.69, 9.17) is 4.52 Å². The highest BCUT2D eigenvalue weighted by Gasteiger charge is 2.15. The molecule has 3 rings (SSSR count). The second kappa shape index (κ2) is 7.24. The molecule has 0 aliphatic rings. The summed E-state index contributed by atoms with van der Waals surface area (Å²) in [5, 5.41) is 6.30. The van der Waals surface area contributed by atoms with Gasteiger partial charge in [0.2, 0.25) is 0 Å². The van der Waals surface area contributed by atoms with Crippen molar-refractivity contribution in [1.82, 2.24) is 5.16 Å². The largest absolute Gasteiger partial charge is 0.360 e. The number of aromatic nitrogens is 1. The van der Waals surface area contributed by atoms with Crippen LogP contribution in [0.3, 0.4) is 0 Å². The van der Waals surface area contributed by atoms with Crippen LogP contribution in [-0.2, 0) is 10.0 Å². The molecule has 0 unspecified atom stereocenters. The quantitative estimate of drug-likeness (QED) is 0.698. The summed E-state index contributed by atoms with van der Waals surface area (Å²) < 4.78 is 32.4. The molecule has 0 fully saturated rings. The van der Waals surface area contributed by atoms with E-state index in [1.54, 1.807) is 31.2 Å². The van der Waals surface area contributed by atoms with Gasteiger partial charge in [0.1, 0.15) is 5.76 Å². The molecular formula is C19H19N3O4S. The number of carbonyl (C=O) groups excluding carboxylic acids is 1. The molecule has 7 nitrogen and oxygen atoms in total. The van der Waals surface area contributed by atoms with Crippen LogP contribution in [0.25, 0.3) is 0 Å². The standard InChI is InChI=1S/C19H19N3O4S/c1-12-4-9-17(10-13(12)2)27(24,25)22-16-7-5-15(6-8-16)19(23)20-18-11-14(3)26-21-18/h4-11,22H,1-3H3,(H,20,21,23). The molecule has 0 aliphatic carbocycles. The van der Waals surface area contributed by atoms with Gasteiger partial charge < -0.3 is 9.84 Å². The number of hydrogen-bond acceptors (Lipinski definition) is 5. The van der Waals surface area contributed by atoms with E-state index >= 15 is 0 Å². The Morgan fingerprint density at radius 2 is 1.67 bits per heavy atom. The van der Waals surface area contributed by atoms with Crippen LogP contribution in [0, 0.1) is 20.8 Å². The second-order valence-corrected chi connectivity index (χ2v) is 7.89. The molecule has 2 N–H and O–H groups in total. The van der Waals surface area contributed by atoms with Crippen molar-refractivity contribution in [3.8, 4) is 0 Å². The fourth-order valence-electron chi connectivity index (χ4n) is 2.40. The molecule has 27 heavy (non-hydrogen) atoms. The Balaban J connectivity index is 1.73. The topological polar surface area (TPSA) is 101 Å². The maximum Gasteiger partial charge on any atom is 0.261 e. The van der Waals surface area contributed by atoms with Crippen molar-refractivity contribution in [3.63, 3.8) is 0 Å². The SMILES string of the molecule is Cc1cc(NC(=O)c2ccc(NS(=O)(=O)c3ccc(C)c(C)c3)cc2)no1. The lowest BCUT2D eigenvalue weighted by Crippen LogP contribution is -2.14. The van der Waals surface area contributed by atoms with Crippen molar-refractivity contribution in [3.05, 3.63) is 71.0 Å². The van der Waals surface area contributed by atoms with E-state index in [-0.39, 0.29) is 10.8 Å². The summed E-state index contributed by atoms with van der Waals surface area (Å²) in [4.78, 5) is 12.4. The van der Waals surface area contributed by atoms with Gasteiger partial charge in [-0.25, -0.2) is 8.42 Å². The predicted octanol–water partition coefficient (Wildman–Crippen LogP) is 3.65. The fourth-order valence-corrected chi connectivity index (χ4v) is 3.54. The summed E-state index contributed by atoms with van der Waals surface area (Å²) in [6.45, 7) is 5.50. The molecule has 1 aromatic heterocycles. The highest BCUT2D eigenvalue weighted by molar-refractivity contribution is 7.92. The zero-order valence-electron chi connectivity index (χ0n) is 15.1. The molecule has 1 amide bonds. The number of benzene rings is 2. The average molecular weight is 385 g/mol. The van der Waals surface area contributed by atoms with Gasteiger partial charge in [-0.15, -0.1) is 0 Å². The summed E-state index contributed by atoms with van der Waals surface area (Å²) in [5.74, 6) is 0.533. The number of anilines is 2. The van der Waals surface area contributed by atoms with Crippen LogP contribution in [0.15, 0.2) is 57.9 Å². The molecule has 0 atom stereocenters. The monoisotopic (exact) mass is 385 g/mol. The highest BCUT2D eigenvalue weighted by atomic mass is 32.2. The summed E-state index contributed by atoms with van der Waals surface area (Å²) >= 11 is 0. The number of nitrogens with zero attached hydrogens (tertiary/aromatic N) is 1. The number of amides is 1. The van der Waals surface area contributed by atoms with Crippen LogP contribution in [-0.4, -0.2) is 19.5 Å².